The number of rotatable bonds is 2. The zero-order valence-electron chi connectivity index (χ0n) is 10.3. The van der Waals surface area contributed by atoms with Gasteiger partial charge in [-0.25, -0.2) is 0 Å². The Balaban J connectivity index is 1.86. The number of thiophene rings is 1. The van der Waals surface area contributed by atoms with E-state index < -0.39 is 0 Å². The van der Waals surface area contributed by atoms with E-state index in [9.17, 15) is 4.79 Å². The molecule has 3 rings (SSSR count). The van der Waals surface area contributed by atoms with Gasteiger partial charge in [0, 0.05) is 10.6 Å². The highest BCUT2D eigenvalue weighted by Crippen LogP contribution is 2.33. The minimum absolute atomic E-state index is 0.0811. The quantitative estimate of drug-likeness (QED) is 0.855. The molecule has 0 aliphatic carbocycles. The lowest BCUT2D eigenvalue weighted by Gasteiger charge is -2.29. The largest absolute Gasteiger partial charge is 0.490 e. The summed E-state index contributed by atoms with van der Waals surface area (Å²) in [6, 6.07) is 9.32. The number of amides is 1. The van der Waals surface area contributed by atoms with Crippen molar-refractivity contribution in [2.45, 2.75) is 6.42 Å². The van der Waals surface area contributed by atoms with Crippen LogP contribution in [0.3, 0.4) is 0 Å². The molecule has 0 fully saturated rings. The third kappa shape index (κ3) is 2.42. The molecule has 2 N–H and O–H groups in total. The second-order valence-electron chi connectivity index (χ2n) is 4.38. The van der Waals surface area contributed by atoms with Crippen LogP contribution in [0, 0.1) is 0 Å². The van der Waals surface area contributed by atoms with E-state index in [1.165, 1.54) is 0 Å². The zero-order valence-corrected chi connectivity index (χ0v) is 11.2. The Morgan fingerprint density at radius 3 is 3.11 bits per heavy atom. The lowest BCUT2D eigenvalue weighted by molar-refractivity contribution is -0.118. The van der Waals surface area contributed by atoms with Crippen LogP contribution in [0.25, 0.3) is 0 Å². The van der Waals surface area contributed by atoms with Crippen molar-refractivity contribution in [1.82, 2.24) is 0 Å². The Morgan fingerprint density at radius 1 is 1.42 bits per heavy atom. The lowest BCUT2D eigenvalue weighted by atomic mass is 10.2. The molecule has 1 aliphatic rings. The first-order chi connectivity index (χ1) is 9.24. The van der Waals surface area contributed by atoms with Crippen LogP contribution in [0.5, 0.6) is 5.75 Å². The van der Waals surface area contributed by atoms with Crippen LogP contribution in [0.1, 0.15) is 4.88 Å². The molecule has 1 amide bonds. The molecule has 0 spiro atoms. The van der Waals surface area contributed by atoms with Crippen LogP contribution in [0.15, 0.2) is 35.7 Å². The standard InChI is InChI=1S/C14H14N2O2S/c15-10-3-4-13-12(8-10)16(5-6-18-13)14(17)9-11-2-1-7-19-11/h1-4,7-8H,5-6,9,15H2. The smallest absolute Gasteiger partial charge is 0.232 e. The summed E-state index contributed by atoms with van der Waals surface area (Å²) in [6.45, 7) is 1.09. The van der Waals surface area contributed by atoms with E-state index in [-0.39, 0.29) is 5.91 Å². The fraction of sp³-hybridized carbons (Fsp3) is 0.214. The summed E-state index contributed by atoms with van der Waals surface area (Å²) >= 11 is 1.60. The number of hydrogen-bond acceptors (Lipinski definition) is 4. The highest BCUT2D eigenvalue weighted by atomic mass is 32.1. The van der Waals surface area contributed by atoms with Gasteiger partial charge in [0.25, 0.3) is 0 Å². The van der Waals surface area contributed by atoms with Gasteiger partial charge in [-0.05, 0) is 29.6 Å². The molecular formula is C14H14N2O2S. The number of benzene rings is 1. The Morgan fingerprint density at radius 2 is 2.32 bits per heavy atom. The highest BCUT2D eigenvalue weighted by Gasteiger charge is 2.24. The number of carbonyl (C=O) groups excluding carboxylic acids is 1. The predicted octanol–water partition coefficient (Wildman–Crippen LogP) is 2.30. The Labute approximate surface area is 115 Å². The number of fused-ring (bicyclic) bond motifs is 1. The summed E-state index contributed by atoms with van der Waals surface area (Å²) in [5.74, 6) is 0.803. The molecule has 4 nitrogen and oxygen atoms in total. The SMILES string of the molecule is Nc1ccc2c(c1)N(C(=O)Cc1cccs1)CCO2. The fourth-order valence-electron chi connectivity index (χ4n) is 2.15. The van der Waals surface area contributed by atoms with Gasteiger partial charge in [-0.2, -0.15) is 0 Å². The minimum Gasteiger partial charge on any atom is -0.490 e. The van der Waals surface area contributed by atoms with Crippen molar-refractivity contribution in [2.75, 3.05) is 23.8 Å². The average Bonchev–Trinajstić information content (AvgIpc) is 2.90. The van der Waals surface area contributed by atoms with E-state index in [1.54, 1.807) is 28.4 Å². The van der Waals surface area contributed by atoms with Crippen molar-refractivity contribution in [3.63, 3.8) is 0 Å². The molecule has 0 atom stereocenters. The van der Waals surface area contributed by atoms with Crippen molar-refractivity contribution in [3.05, 3.63) is 40.6 Å². The fourth-order valence-corrected chi connectivity index (χ4v) is 2.85. The van der Waals surface area contributed by atoms with E-state index in [0.29, 0.717) is 25.3 Å². The maximum Gasteiger partial charge on any atom is 0.232 e. The molecule has 19 heavy (non-hydrogen) atoms. The zero-order chi connectivity index (χ0) is 13.2. The molecule has 1 aromatic heterocycles. The van der Waals surface area contributed by atoms with Gasteiger partial charge in [0.1, 0.15) is 12.4 Å². The first kappa shape index (κ1) is 12.0. The highest BCUT2D eigenvalue weighted by molar-refractivity contribution is 7.10. The topological polar surface area (TPSA) is 55.6 Å². The van der Waals surface area contributed by atoms with Crippen molar-refractivity contribution in [2.24, 2.45) is 0 Å². The normalized spacial score (nSPS) is 13.8. The summed E-state index contributed by atoms with van der Waals surface area (Å²) in [6.07, 6.45) is 0.423. The Hall–Kier alpha value is -2.01. The predicted molar refractivity (Wildman–Crippen MR) is 76.7 cm³/mol. The molecule has 2 aromatic rings. The number of nitrogens with zero attached hydrogens (tertiary/aromatic N) is 1. The third-order valence-corrected chi connectivity index (χ3v) is 3.93. The summed E-state index contributed by atoms with van der Waals surface area (Å²) in [7, 11) is 0. The molecule has 0 unspecified atom stereocenters. The Bertz CT molecular complexity index is 595. The Kier molecular flexibility index (Phi) is 3.13. The van der Waals surface area contributed by atoms with E-state index in [4.69, 9.17) is 10.5 Å². The lowest BCUT2D eigenvalue weighted by Crippen LogP contribution is -2.38. The van der Waals surface area contributed by atoms with Crippen molar-refractivity contribution in [1.29, 1.82) is 0 Å². The van der Waals surface area contributed by atoms with Gasteiger partial charge in [0.15, 0.2) is 0 Å². The molecule has 5 heteroatoms. The number of anilines is 2. The number of hydrogen-bond donors (Lipinski definition) is 1. The van der Waals surface area contributed by atoms with Gasteiger partial charge in [-0.3, -0.25) is 4.79 Å². The minimum atomic E-state index is 0.0811. The number of carbonyl (C=O) groups is 1. The molecule has 2 heterocycles. The van der Waals surface area contributed by atoms with Gasteiger partial charge >= 0.3 is 0 Å². The summed E-state index contributed by atoms with van der Waals surface area (Å²) < 4.78 is 5.55. The number of nitrogen functional groups attached to an aromatic ring is 1. The first-order valence-electron chi connectivity index (χ1n) is 6.09. The van der Waals surface area contributed by atoms with Gasteiger partial charge in [0.2, 0.25) is 5.91 Å². The molecule has 0 saturated heterocycles. The summed E-state index contributed by atoms with van der Waals surface area (Å²) in [4.78, 5) is 15.2. The first-order valence-corrected chi connectivity index (χ1v) is 6.97. The van der Waals surface area contributed by atoms with E-state index >= 15 is 0 Å². The molecular weight excluding hydrogens is 260 g/mol. The summed E-state index contributed by atoms with van der Waals surface area (Å²) in [5.41, 5.74) is 7.20. The third-order valence-electron chi connectivity index (χ3n) is 3.05. The molecule has 1 aliphatic heterocycles. The molecule has 1 aromatic carbocycles. The maximum atomic E-state index is 12.4. The van der Waals surface area contributed by atoms with Crippen LogP contribution in [0.2, 0.25) is 0 Å². The van der Waals surface area contributed by atoms with Crippen LogP contribution in [-0.4, -0.2) is 19.1 Å². The van der Waals surface area contributed by atoms with Crippen LogP contribution in [-0.2, 0) is 11.2 Å². The molecule has 0 radical (unpaired) electrons. The van der Waals surface area contributed by atoms with Crippen LogP contribution in [0.4, 0.5) is 11.4 Å². The average molecular weight is 274 g/mol. The van der Waals surface area contributed by atoms with Crippen LogP contribution < -0.4 is 15.4 Å². The number of nitrogens with two attached hydrogens (primary N) is 1. The number of ether oxygens (including phenoxy) is 1. The van der Waals surface area contributed by atoms with Gasteiger partial charge < -0.3 is 15.4 Å². The second kappa shape index (κ2) is 4.93. The van der Waals surface area contributed by atoms with E-state index in [1.807, 2.05) is 23.6 Å². The van der Waals surface area contributed by atoms with Crippen molar-refractivity contribution < 1.29 is 9.53 Å². The van der Waals surface area contributed by atoms with Crippen LogP contribution >= 0.6 is 11.3 Å². The maximum absolute atomic E-state index is 12.4. The van der Waals surface area contributed by atoms with Crippen molar-refractivity contribution >= 4 is 28.6 Å². The van der Waals surface area contributed by atoms with Gasteiger partial charge in [0.05, 0.1) is 18.7 Å². The van der Waals surface area contributed by atoms with Crippen molar-refractivity contribution in [3.8, 4) is 5.75 Å². The van der Waals surface area contributed by atoms with E-state index in [2.05, 4.69) is 0 Å². The van der Waals surface area contributed by atoms with Gasteiger partial charge in [-0.15, -0.1) is 11.3 Å². The molecule has 0 bridgehead atoms. The second-order valence-corrected chi connectivity index (χ2v) is 5.41. The molecule has 0 saturated carbocycles. The van der Waals surface area contributed by atoms with E-state index in [0.717, 1.165) is 16.3 Å². The monoisotopic (exact) mass is 274 g/mol. The molecule has 98 valence electrons. The van der Waals surface area contributed by atoms with Gasteiger partial charge in [-0.1, -0.05) is 6.07 Å². The summed E-state index contributed by atoms with van der Waals surface area (Å²) in [5, 5.41) is 1.98.